The van der Waals surface area contributed by atoms with Crippen LogP contribution in [-0.4, -0.2) is 17.4 Å². The predicted molar refractivity (Wildman–Crippen MR) is 84.2 cm³/mol. The Morgan fingerprint density at radius 1 is 1.30 bits per heavy atom. The molecular formula is C17H15FN2O3. The quantitative estimate of drug-likeness (QED) is 0.638. The van der Waals surface area contributed by atoms with Crippen LogP contribution in [0.4, 0.5) is 15.8 Å². The summed E-state index contributed by atoms with van der Waals surface area (Å²) >= 11 is 0. The summed E-state index contributed by atoms with van der Waals surface area (Å²) in [7, 11) is 0. The number of rotatable bonds is 3. The Hall–Kier alpha value is -2.76. The van der Waals surface area contributed by atoms with Gasteiger partial charge in [0.2, 0.25) is 0 Å². The normalized spacial score (nSPS) is 16.3. The van der Waals surface area contributed by atoms with E-state index in [9.17, 15) is 19.3 Å². The van der Waals surface area contributed by atoms with Crippen LogP contribution >= 0.6 is 0 Å². The number of hydrogen-bond acceptors (Lipinski definition) is 3. The molecule has 2 aromatic rings. The molecule has 0 fully saturated rings. The largest absolute Gasteiger partial charge is 0.307 e. The first-order chi connectivity index (χ1) is 11.0. The molecule has 6 heteroatoms. The number of anilines is 1. The first-order valence-electron chi connectivity index (χ1n) is 7.37. The van der Waals surface area contributed by atoms with Crippen molar-refractivity contribution in [3.63, 3.8) is 0 Å². The van der Waals surface area contributed by atoms with E-state index in [2.05, 4.69) is 0 Å². The topological polar surface area (TPSA) is 63.5 Å². The van der Waals surface area contributed by atoms with Crippen LogP contribution in [0, 0.1) is 15.9 Å². The van der Waals surface area contributed by atoms with Crippen molar-refractivity contribution in [3.05, 3.63) is 69.5 Å². The molecule has 1 aliphatic rings. The van der Waals surface area contributed by atoms with Gasteiger partial charge in [-0.2, -0.15) is 0 Å². The van der Waals surface area contributed by atoms with Gasteiger partial charge in [0.15, 0.2) is 0 Å². The molecule has 1 atom stereocenters. The minimum Gasteiger partial charge on any atom is -0.307 e. The number of benzene rings is 2. The lowest BCUT2D eigenvalue weighted by molar-refractivity contribution is -0.384. The molecule has 1 amide bonds. The van der Waals surface area contributed by atoms with Crippen molar-refractivity contribution < 1.29 is 14.1 Å². The summed E-state index contributed by atoms with van der Waals surface area (Å²) in [5, 5.41) is 10.7. The van der Waals surface area contributed by atoms with E-state index in [1.54, 1.807) is 11.0 Å². The molecule has 0 radical (unpaired) electrons. The fourth-order valence-corrected chi connectivity index (χ4v) is 2.94. The number of carbonyl (C=O) groups is 1. The molecule has 3 rings (SSSR count). The van der Waals surface area contributed by atoms with E-state index in [4.69, 9.17) is 0 Å². The van der Waals surface area contributed by atoms with Gasteiger partial charge in [-0.15, -0.1) is 0 Å². The van der Waals surface area contributed by atoms with Crippen LogP contribution in [0.2, 0.25) is 0 Å². The number of carbonyl (C=O) groups excluding carboxylic acids is 1. The third-order valence-corrected chi connectivity index (χ3v) is 4.19. The number of nitro benzene ring substituents is 1. The van der Waals surface area contributed by atoms with Gasteiger partial charge < -0.3 is 4.90 Å². The van der Waals surface area contributed by atoms with Crippen LogP contribution in [0.5, 0.6) is 0 Å². The van der Waals surface area contributed by atoms with E-state index in [0.717, 1.165) is 12.0 Å². The number of nitro groups is 1. The van der Waals surface area contributed by atoms with Crippen molar-refractivity contribution in [2.24, 2.45) is 0 Å². The number of halogens is 1. The van der Waals surface area contributed by atoms with E-state index in [-0.39, 0.29) is 23.3 Å². The Bertz CT molecular complexity index is 774. The lowest BCUT2D eigenvalue weighted by Crippen LogP contribution is -2.29. The summed E-state index contributed by atoms with van der Waals surface area (Å²) in [5.41, 5.74) is 1.86. The Kier molecular flexibility index (Phi) is 3.82. The molecule has 1 aliphatic heterocycles. The summed E-state index contributed by atoms with van der Waals surface area (Å²) in [6, 6.07) is 9.95. The van der Waals surface area contributed by atoms with E-state index in [0.29, 0.717) is 17.8 Å². The van der Waals surface area contributed by atoms with Crippen LogP contribution < -0.4 is 4.90 Å². The highest BCUT2D eigenvalue weighted by Gasteiger charge is 2.32. The fourth-order valence-electron chi connectivity index (χ4n) is 2.94. The lowest BCUT2D eigenvalue weighted by Gasteiger charge is -2.17. The van der Waals surface area contributed by atoms with Crippen LogP contribution in [0.1, 0.15) is 35.2 Å². The van der Waals surface area contributed by atoms with E-state index >= 15 is 0 Å². The van der Waals surface area contributed by atoms with Gasteiger partial charge in [0, 0.05) is 35.8 Å². The van der Waals surface area contributed by atoms with Crippen molar-refractivity contribution in [2.45, 2.75) is 19.3 Å². The average Bonchev–Trinajstić information content (AvgIpc) is 2.92. The Morgan fingerprint density at radius 2 is 2.00 bits per heavy atom. The summed E-state index contributed by atoms with van der Waals surface area (Å²) < 4.78 is 13.5. The smallest absolute Gasteiger partial charge is 0.269 e. The van der Waals surface area contributed by atoms with Gasteiger partial charge in [0.25, 0.3) is 11.6 Å². The number of fused-ring (bicyclic) bond motifs is 1. The zero-order valence-corrected chi connectivity index (χ0v) is 12.5. The molecule has 118 valence electrons. The van der Waals surface area contributed by atoms with Gasteiger partial charge in [-0.05, 0) is 42.3 Å². The molecule has 0 N–H and O–H groups in total. The van der Waals surface area contributed by atoms with Gasteiger partial charge >= 0.3 is 0 Å². The first kappa shape index (κ1) is 15.1. The molecular weight excluding hydrogens is 299 g/mol. The van der Waals surface area contributed by atoms with Crippen molar-refractivity contribution in [1.82, 2.24) is 0 Å². The molecule has 0 saturated carbocycles. The molecule has 0 bridgehead atoms. The molecule has 2 aromatic carbocycles. The number of non-ortho nitro benzene ring substituents is 1. The number of hydrogen-bond donors (Lipinski definition) is 0. The van der Waals surface area contributed by atoms with E-state index < -0.39 is 4.92 Å². The Labute approximate surface area is 132 Å². The standard InChI is InChI=1S/C17H15FN2O3/c1-2-11-10-19(16-8-5-13(18)9-15(11)16)17(21)12-3-6-14(7-4-12)20(22)23/h3-9,11H,2,10H2,1H3. The van der Waals surface area contributed by atoms with Gasteiger partial charge in [0.1, 0.15) is 5.82 Å². The van der Waals surface area contributed by atoms with Crippen molar-refractivity contribution in [2.75, 3.05) is 11.4 Å². The molecule has 1 heterocycles. The highest BCUT2D eigenvalue weighted by molar-refractivity contribution is 6.07. The second-order valence-electron chi connectivity index (χ2n) is 5.53. The monoisotopic (exact) mass is 314 g/mol. The molecule has 0 saturated heterocycles. The third-order valence-electron chi connectivity index (χ3n) is 4.19. The SMILES string of the molecule is CCC1CN(C(=O)c2ccc([N+](=O)[O-])cc2)c2ccc(F)cc21. The van der Waals surface area contributed by atoms with Crippen LogP contribution in [-0.2, 0) is 0 Å². The van der Waals surface area contributed by atoms with Crippen LogP contribution in [0.15, 0.2) is 42.5 Å². The average molecular weight is 314 g/mol. The second kappa shape index (κ2) is 5.79. The number of amides is 1. The Morgan fingerprint density at radius 3 is 2.61 bits per heavy atom. The lowest BCUT2D eigenvalue weighted by atomic mass is 9.99. The second-order valence-corrected chi connectivity index (χ2v) is 5.53. The molecule has 0 spiro atoms. The zero-order valence-electron chi connectivity index (χ0n) is 12.5. The van der Waals surface area contributed by atoms with Crippen molar-refractivity contribution >= 4 is 17.3 Å². The van der Waals surface area contributed by atoms with Gasteiger partial charge in [-0.3, -0.25) is 14.9 Å². The predicted octanol–water partition coefficient (Wildman–Crippen LogP) is 3.89. The number of nitrogens with zero attached hydrogens (tertiary/aromatic N) is 2. The maximum absolute atomic E-state index is 13.5. The summed E-state index contributed by atoms with van der Waals surface area (Å²) in [5.74, 6) is -0.446. The highest BCUT2D eigenvalue weighted by atomic mass is 19.1. The highest BCUT2D eigenvalue weighted by Crippen LogP contribution is 2.39. The van der Waals surface area contributed by atoms with Crippen molar-refractivity contribution in [1.29, 1.82) is 0 Å². The van der Waals surface area contributed by atoms with Crippen LogP contribution in [0.25, 0.3) is 0 Å². The maximum Gasteiger partial charge on any atom is 0.269 e. The van der Waals surface area contributed by atoms with Gasteiger partial charge in [-0.1, -0.05) is 6.92 Å². The summed E-state index contributed by atoms with van der Waals surface area (Å²) in [6.07, 6.45) is 0.806. The van der Waals surface area contributed by atoms with E-state index in [1.165, 1.54) is 36.4 Å². The molecule has 0 aliphatic carbocycles. The molecule has 0 aromatic heterocycles. The third kappa shape index (κ3) is 2.67. The summed E-state index contributed by atoms with van der Waals surface area (Å²) in [4.78, 5) is 24.5. The molecule has 1 unspecified atom stereocenters. The molecule has 23 heavy (non-hydrogen) atoms. The zero-order chi connectivity index (χ0) is 16.6. The van der Waals surface area contributed by atoms with Crippen LogP contribution in [0.3, 0.4) is 0 Å². The van der Waals surface area contributed by atoms with Gasteiger partial charge in [-0.25, -0.2) is 4.39 Å². The maximum atomic E-state index is 13.5. The first-order valence-corrected chi connectivity index (χ1v) is 7.37. The molecule has 5 nitrogen and oxygen atoms in total. The minimum atomic E-state index is -0.505. The van der Waals surface area contributed by atoms with E-state index in [1.807, 2.05) is 6.92 Å². The minimum absolute atomic E-state index is 0.0584. The van der Waals surface area contributed by atoms with Crippen molar-refractivity contribution in [3.8, 4) is 0 Å². The van der Waals surface area contributed by atoms with Gasteiger partial charge in [0.05, 0.1) is 4.92 Å². The fraction of sp³-hybridized carbons (Fsp3) is 0.235. The Balaban J connectivity index is 1.93. The summed E-state index contributed by atoms with van der Waals surface area (Å²) in [6.45, 7) is 2.49.